The smallest absolute Gasteiger partial charge is 0.124 e. The summed E-state index contributed by atoms with van der Waals surface area (Å²) in [6.45, 7) is 4.21. The highest BCUT2D eigenvalue weighted by Crippen LogP contribution is 2.34. The van der Waals surface area contributed by atoms with E-state index in [1.807, 2.05) is 30.8 Å². The minimum absolute atomic E-state index is 0.0141. The number of benzene rings is 1. The van der Waals surface area contributed by atoms with Crippen molar-refractivity contribution in [2.45, 2.75) is 37.6 Å². The van der Waals surface area contributed by atoms with Crippen LogP contribution in [0.15, 0.2) is 23.1 Å². The van der Waals surface area contributed by atoms with Crippen molar-refractivity contribution in [2.24, 2.45) is 5.73 Å². The second kappa shape index (κ2) is 6.81. The van der Waals surface area contributed by atoms with Crippen molar-refractivity contribution >= 4 is 11.8 Å². The lowest BCUT2D eigenvalue weighted by Gasteiger charge is -2.16. The van der Waals surface area contributed by atoms with E-state index in [0.29, 0.717) is 0 Å². The number of nitrogens with two attached hydrogens (primary N) is 1. The zero-order valence-corrected chi connectivity index (χ0v) is 11.1. The maximum absolute atomic E-state index is 6.00. The van der Waals surface area contributed by atoms with Gasteiger partial charge in [-0.15, -0.1) is 11.8 Å². The van der Waals surface area contributed by atoms with Crippen LogP contribution in [0.5, 0.6) is 5.75 Å². The van der Waals surface area contributed by atoms with Crippen LogP contribution in [0.2, 0.25) is 0 Å². The lowest BCUT2D eigenvalue weighted by atomic mass is 10.1. The summed E-state index contributed by atoms with van der Waals surface area (Å²) in [5, 5.41) is 0. The molecule has 0 bridgehead atoms. The first-order valence-electron chi connectivity index (χ1n) is 5.76. The molecule has 90 valence electrons. The molecule has 0 aliphatic heterocycles. The number of unbranched alkanes of at least 4 members (excludes halogenated alkanes) is 1. The van der Waals surface area contributed by atoms with E-state index >= 15 is 0 Å². The third-order valence-electron chi connectivity index (χ3n) is 2.46. The average molecular weight is 239 g/mol. The summed E-state index contributed by atoms with van der Waals surface area (Å²) in [5.41, 5.74) is 7.13. The second-order valence-corrected chi connectivity index (χ2v) is 5.00. The zero-order chi connectivity index (χ0) is 12.0. The monoisotopic (exact) mass is 239 g/mol. The fourth-order valence-electron chi connectivity index (χ4n) is 1.60. The number of rotatable bonds is 6. The Morgan fingerprint density at radius 2 is 2.19 bits per heavy atom. The molecule has 0 aromatic heterocycles. The van der Waals surface area contributed by atoms with Crippen LogP contribution in [0.1, 0.15) is 38.3 Å². The molecule has 1 aromatic rings. The highest BCUT2D eigenvalue weighted by molar-refractivity contribution is 7.99. The van der Waals surface area contributed by atoms with Crippen LogP contribution < -0.4 is 10.5 Å². The molecule has 1 atom stereocenters. The molecule has 2 nitrogen and oxygen atoms in total. The fraction of sp³-hybridized carbons (Fsp3) is 0.538. The quantitative estimate of drug-likeness (QED) is 0.608. The van der Waals surface area contributed by atoms with Gasteiger partial charge in [-0.2, -0.15) is 0 Å². The summed E-state index contributed by atoms with van der Waals surface area (Å²) in [7, 11) is 1.70. The standard InChI is InChI=1S/C13H21NOS/c1-4-5-9-16-12-8-6-7-11(15-3)13(12)10(2)14/h6-8,10H,4-5,9,14H2,1-3H3. The van der Waals surface area contributed by atoms with Crippen LogP contribution in [0.3, 0.4) is 0 Å². The molecule has 0 radical (unpaired) electrons. The van der Waals surface area contributed by atoms with Crippen molar-refractivity contribution in [3.63, 3.8) is 0 Å². The van der Waals surface area contributed by atoms with Crippen molar-refractivity contribution in [1.82, 2.24) is 0 Å². The topological polar surface area (TPSA) is 35.2 Å². The molecule has 0 saturated carbocycles. The molecule has 0 aliphatic carbocycles. The third-order valence-corrected chi connectivity index (χ3v) is 3.62. The van der Waals surface area contributed by atoms with E-state index in [2.05, 4.69) is 13.0 Å². The number of methoxy groups -OCH3 is 1. The van der Waals surface area contributed by atoms with E-state index in [0.717, 1.165) is 17.1 Å². The van der Waals surface area contributed by atoms with E-state index < -0.39 is 0 Å². The lowest BCUT2D eigenvalue weighted by molar-refractivity contribution is 0.405. The van der Waals surface area contributed by atoms with E-state index in [1.165, 1.54) is 17.7 Å². The Balaban J connectivity index is 2.89. The van der Waals surface area contributed by atoms with Crippen LogP contribution >= 0.6 is 11.8 Å². The predicted octanol–water partition coefficient (Wildman–Crippen LogP) is 3.61. The summed E-state index contributed by atoms with van der Waals surface area (Å²) in [4.78, 5) is 1.25. The van der Waals surface area contributed by atoms with Crippen molar-refractivity contribution in [1.29, 1.82) is 0 Å². The van der Waals surface area contributed by atoms with Crippen molar-refractivity contribution in [3.05, 3.63) is 23.8 Å². The van der Waals surface area contributed by atoms with Gasteiger partial charge in [0.2, 0.25) is 0 Å². The van der Waals surface area contributed by atoms with Gasteiger partial charge in [-0.25, -0.2) is 0 Å². The first-order chi connectivity index (χ1) is 7.70. The summed E-state index contributed by atoms with van der Waals surface area (Å²) < 4.78 is 5.36. The maximum Gasteiger partial charge on any atom is 0.124 e. The van der Waals surface area contributed by atoms with Crippen LogP contribution in [-0.2, 0) is 0 Å². The Hall–Kier alpha value is -0.670. The summed E-state index contributed by atoms with van der Waals surface area (Å²) in [5.74, 6) is 2.04. The minimum atomic E-state index is 0.0141. The van der Waals surface area contributed by atoms with Gasteiger partial charge in [-0.05, 0) is 31.2 Å². The molecule has 0 fully saturated rings. The second-order valence-electron chi connectivity index (χ2n) is 3.86. The predicted molar refractivity (Wildman–Crippen MR) is 71.2 cm³/mol. The highest BCUT2D eigenvalue weighted by atomic mass is 32.2. The van der Waals surface area contributed by atoms with Gasteiger partial charge in [0.05, 0.1) is 7.11 Å². The molecular formula is C13H21NOS. The molecule has 0 heterocycles. The van der Waals surface area contributed by atoms with E-state index in [-0.39, 0.29) is 6.04 Å². The fourth-order valence-corrected chi connectivity index (χ4v) is 2.87. The molecular weight excluding hydrogens is 218 g/mol. The normalized spacial score (nSPS) is 12.5. The van der Waals surface area contributed by atoms with Gasteiger partial charge in [-0.1, -0.05) is 19.4 Å². The van der Waals surface area contributed by atoms with Gasteiger partial charge in [0, 0.05) is 16.5 Å². The maximum atomic E-state index is 6.00. The first-order valence-corrected chi connectivity index (χ1v) is 6.74. The van der Waals surface area contributed by atoms with E-state index in [9.17, 15) is 0 Å². The first kappa shape index (κ1) is 13.4. The molecule has 0 spiro atoms. The molecule has 1 rings (SSSR count). The molecule has 0 aliphatic rings. The average Bonchev–Trinajstić information content (AvgIpc) is 2.28. The van der Waals surface area contributed by atoms with Gasteiger partial charge >= 0.3 is 0 Å². The van der Waals surface area contributed by atoms with Crippen molar-refractivity contribution in [3.8, 4) is 5.75 Å². The van der Waals surface area contributed by atoms with Crippen LogP contribution in [0, 0.1) is 0 Å². The van der Waals surface area contributed by atoms with Gasteiger partial charge < -0.3 is 10.5 Å². The van der Waals surface area contributed by atoms with Gasteiger partial charge in [-0.3, -0.25) is 0 Å². The number of hydrogen-bond acceptors (Lipinski definition) is 3. The van der Waals surface area contributed by atoms with Crippen LogP contribution in [-0.4, -0.2) is 12.9 Å². The van der Waals surface area contributed by atoms with Crippen molar-refractivity contribution < 1.29 is 4.74 Å². The Kier molecular flexibility index (Phi) is 5.71. The minimum Gasteiger partial charge on any atom is -0.496 e. The SMILES string of the molecule is CCCCSc1cccc(OC)c1C(C)N. The van der Waals surface area contributed by atoms with Crippen LogP contribution in [0.25, 0.3) is 0 Å². The van der Waals surface area contributed by atoms with Gasteiger partial charge in [0.1, 0.15) is 5.75 Å². The summed E-state index contributed by atoms with van der Waals surface area (Å²) in [6.07, 6.45) is 2.46. The zero-order valence-electron chi connectivity index (χ0n) is 10.3. The van der Waals surface area contributed by atoms with Gasteiger partial charge in [0.15, 0.2) is 0 Å². The van der Waals surface area contributed by atoms with Crippen molar-refractivity contribution in [2.75, 3.05) is 12.9 Å². The van der Waals surface area contributed by atoms with E-state index in [1.54, 1.807) is 7.11 Å². The molecule has 16 heavy (non-hydrogen) atoms. The molecule has 0 saturated heterocycles. The Morgan fingerprint density at radius 1 is 1.44 bits per heavy atom. The number of ether oxygens (including phenoxy) is 1. The molecule has 2 N–H and O–H groups in total. The van der Waals surface area contributed by atoms with E-state index in [4.69, 9.17) is 10.5 Å². The summed E-state index contributed by atoms with van der Waals surface area (Å²) >= 11 is 1.87. The third kappa shape index (κ3) is 3.42. The lowest BCUT2D eigenvalue weighted by Crippen LogP contribution is -2.08. The summed E-state index contributed by atoms with van der Waals surface area (Å²) in [6, 6.07) is 6.14. The Morgan fingerprint density at radius 3 is 2.75 bits per heavy atom. The molecule has 0 amide bonds. The molecule has 3 heteroatoms. The largest absolute Gasteiger partial charge is 0.496 e. The number of thioether (sulfide) groups is 1. The molecule has 1 aromatic carbocycles. The Labute approximate surface area is 103 Å². The Bertz CT molecular complexity index is 326. The number of hydrogen-bond donors (Lipinski definition) is 1. The van der Waals surface area contributed by atoms with Crippen LogP contribution in [0.4, 0.5) is 0 Å². The van der Waals surface area contributed by atoms with Gasteiger partial charge in [0.25, 0.3) is 0 Å². The molecule has 1 unspecified atom stereocenters. The highest BCUT2D eigenvalue weighted by Gasteiger charge is 2.12.